The van der Waals surface area contributed by atoms with Crippen molar-refractivity contribution in [1.29, 1.82) is 0 Å². The number of hydrogen-bond acceptors (Lipinski definition) is 3. The van der Waals surface area contributed by atoms with Gasteiger partial charge < -0.3 is 10.6 Å². The highest BCUT2D eigenvalue weighted by Crippen LogP contribution is 2.22. The molecular formula is C9H13N3. The van der Waals surface area contributed by atoms with E-state index < -0.39 is 0 Å². The van der Waals surface area contributed by atoms with E-state index in [2.05, 4.69) is 9.88 Å². The molecular weight excluding hydrogens is 150 g/mol. The van der Waals surface area contributed by atoms with E-state index in [0.29, 0.717) is 6.04 Å². The first kappa shape index (κ1) is 7.55. The molecule has 1 aromatic heterocycles. The maximum Gasteiger partial charge on any atom is 0.128 e. The minimum atomic E-state index is 0.514. The third-order valence-electron chi connectivity index (χ3n) is 2.36. The van der Waals surface area contributed by atoms with Gasteiger partial charge in [0.05, 0.1) is 0 Å². The highest BCUT2D eigenvalue weighted by atomic mass is 15.3. The summed E-state index contributed by atoms with van der Waals surface area (Å²) >= 11 is 0. The standard InChI is InChI=1S/C9H13N3/c10-7-8-4-6-12(8)9-3-1-2-5-11-9/h1-3,5,8H,4,6-7,10H2. The van der Waals surface area contributed by atoms with Gasteiger partial charge in [0.25, 0.3) is 0 Å². The van der Waals surface area contributed by atoms with Gasteiger partial charge in [-0.05, 0) is 18.6 Å². The summed E-state index contributed by atoms with van der Waals surface area (Å²) in [5, 5.41) is 0. The zero-order valence-corrected chi connectivity index (χ0v) is 6.98. The average molecular weight is 163 g/mol. The Labute approximate surface area is 72.2 Å². The summed E-state index contributed by atoms with van der Waals surface area (Å²) in [5.41, 5.74) is 5.59. The van der Waals surface area contributed by atoms with Crippen molar-refractivity contribution in [1.82, 2.24) is 4.98 Å². The quantitative estimate of drug-likeness (QED) is 0.695. The molecule has 0 bridgehead atoms. The lowest BCUT2D eigenvalue weighted by atomic mass is 10.0. The van der Waals surface area contributed by atoms with Crippen molar-refractivity contribution in [2.45, 2.75) is 12.5 Å². The van der Waals surface area contributed by atoms with Crippen LogP contribution in [0.25, 0.3) is 0 Å². The van der Waals surface area contributed by atoms with Gasteiger partial charge in [-0.2, -0.15) is 0 Å². The van der Waals surface area contributed by atoms with E-state index in [-0.39, 0.29) is 0 Å². The van der Waals surface area contributed by atoms with Gasteiger partial charge in [0.1, 0.15) is 5.82 Å². The van der Waals surface area contributed by atoms with Crippen LogP contribution in [0, 0.1) is 0 Å². The second-order valence-electron chi connectivity index (χ2n) is 3.06. The first-order valence-electron chi connectivity index (χ1n) is 4.29. The molecule has 1 unspecified atom stereocenters. The lowest BCUT2D eigenvalue weighted by Gasteiger charge is -2.41. The van der Waals surface area contributed by atoms with Gasteiger partial charge in [0.2, 0.25) is 0 Å². The molecule has 1 atom stereocenters. The van der Waals surface area contributed by atoms with Crippen LogP contribution in [0.3, 0.4) is 0 Å². The Kier molecular flexibility index (Phi) is 1.96. The Bertz CT molecular complexity index is 245. The predicted octanol–water partition coefficient (Wildman–Crippen LogP) is 0.619. The molecule has 1 aromatic rings. The van der Waals surface area contributed by atoms with Crippen molar-refractivity contribution in [2.75, 3.05) is 18.0 Å². The average Bonchev–Trinajstić information content (AvgIpc) is 2.05. The number of nitrogens with zero attached hydrogens (tertiary/aromatic N) is 2. The van der Waals surface area contributed by atoms with Gasteiger partial charge >= 0.3 is 0 Å². The van der Waals surface area contributed by atoms with E-state index in [4.69, 9.17) is 5.73 Å². The summed E-state index contributed by atoms with van der Waals surface area (Å²) in [7, 11) is 0. The molecule has 2 heterocycles. The second kappa shape index (κ2) is 3.11. The SMILES string of the molecule is NCC1CCN1c1ccccn1. The smallest absolute Gasteiger partial charge is 0.128 e. The van der Waals surface area contributed by atoms with Crippen molar-refractivity contribution in [3.8, 4) is 0 Å². The molecule has 1 saturated heterocycles. The van der Waals surface area contributed by atoms with E-state index in [9.17, 15) is 0 Å². The van der Waals surface area contributed by atoms with E-state index in [1.165, 1.54) is 6.42 Å². The van der Waals surface area contributed by atoms with Crippen molar-refractivity contribution < 1.29 is 0 Å². The Morgan fingerprint density at radius 1 is 1.58 bits per heavy atom. The summed E-state index contributed by atoms with van der Waals surface area (Å²) in [6.45, 7) is 1.83. The summed E-state index contributed by atoms with van der Waals surface area (Å²) < 4.78 is 0. The fourth-order valence-corrected chi connectivity index (χ4v) is 1.51. The van der Waals surface area contributed by atoms with Crippen molar-refractivity contribution in [3.05, 3.63) is 24.4 Å². The van der Waals surface area contributed by atoms with Gasteiger partial charge in [0.15, 0.2) is 0 Å². The van der Waals surface area contributed by atoms with E-state index in [0.717, 1.165) is 18.9 Å². The fraction of sp³-hybridized carbons (Fsp3) is 0.444. The highest BCUT2D eigenvalue weighted by Gasteiger charge is 2.26. The highest BCUT2D eigenvalue weighted by molar-refractivity contribution is 5.42. The maximum atomic E-state index is 5.59. The molecule has 0 amide bonds. The zero-order valence-electron chi connectivity index (χ0n) is 6.98. The van der Waals surface area contributed by atoms with Crippen LogP contribution in [0.1, 0.15) is 6.42 Å². The van der Waals surface area contributed by atoms with Gasteiger partial charge in [-0.3, -0.25) is 0 Å². The predicted molar refractivity (Wildman–Crippen MR) is 49.0 cm³/mol. The first-order valence-corrected chi connectivity index (χ1v) is 4.29. The minimum absolute atomic E-state index is 0.514. The molecule has 0 aliphatic carbocycles. The molecule has 0 radical (unpaired) electrons. The molecule has 0 spiro atoms. The number of pyridine rings is 1. The topological polar surface area (TPSA) is 42.1 Å². The molecule has 12 heavy (non-hydrogen) atoms. The van der Waals surface area contributed by atoms with E-state index >= 15 is 0 Å². The molecule has 0 aromatic carbocycles. The molecule has 0 saturated carbocycles. The van der Waals surface area contributed by atoms with Crippen molar-refractivity contribution in [2.24, 2.45) is 5.73 Å². The Morgan fingerprint density at radius 2 is 2.50 bits per heavy atom. The van der Waals surface area contributed by atoms with Crippen LogP contribution in [0.4, 0.5) is 5.82 Å². The Balaban J connectivity index is 2.11. The maximum absolute atomic E-state index is 5.59. The van der Waals surface area contributed by atoms with Crippen LogP contribution in [0.2, 0.25) is 0 Å². The summed E-state index contributed by atoms with van der Waals surface area (Å²) in [5.74, 6) is 1.05. The number of rotatable bonds is 2. The normalized spacial score (nSPS) is 22.1. The largest absolute Gasteiger partial charge is 0.352 e. The summed E-state index contributed by atoms with van der Waals surface area (Å²) in [6.07, 6.45) is 3.02. The molecule has 1 fully saturated rings. The second-order valence-corrected chi connectivity index (χ2v) is 3.06. The lowest BCUT2D eigenvalue weighted by molar-refractivity contribution is 0.452. The third-order valence-corrected chi connectivity index (χ3v) is 2.36. The van der Waals surface area contributed by atoms with Gasteiger partial charge in [-0.15, -0.1) is 0 Å². The first-order chi connectivity index (χ1) is 5.92. The van der Waals surface area contributed by atoms with Crippen LogP contribution < -0.4 is 10.6 Å². The molecule has 1 aliphatic heterocycles. The minimum Gasteiger partial charge on any atom is -0.352 e. The van der Waals surface area contributed by atoms with E-state index in [1.54, 1.807) is 0 Å². The number of hydrogen-bond donors (Lipinski definition) is 1. The van der Waals surface area contributed by atoms with Crippen molar-refractivity contribution in [3.63, 3.8) is 0 Å². The van der Waals surface area contributed by atoms with Crippen LogP contribution >= 0.6 is 0 Å². The summed E-state index contributed by atoms with van der Waals surface area (Å²) in [4.78, 5) is 6.52. The zero-order chi connectivity index (χ0) is 8.39. The van der Waals surface area contributed by atoms with Gasteiger partial charge in [-0.1, -0.05) is 6.07 Å². The van der Waals surface area contributed by atoms with Crippen LogP contribution in [-0.4, -0.2) is 24.1 Å². The molecule has 3 nitrogen and oxygen atoms in total. The monoisotopic (exact) mass is 163 g/mol. The molecule has 2 rings (SSSR count). The van der Waals surface area contributed by atoms with Crippen LogP contribution in [-0.2, 0) is 0 Å². The fourth-order valence-electron chi connectivity index (χ4n) is 1.51. The third kappa shape index (κ3) is 1.16. The summed E-state index contributed by atoms with van der Waals surface area (Å²) in [6, 6.07) is 6.48. The Morgan fingerprint density at radius 3 is 3.00 bits per heavy atom. The Hall–Kier alpha value is -1.09. The number of anilines is 1. The van der Waals surface area contributed by atoms with Crippen LogP contribution in [0.5, 0.6) is 0 Å². The van der Waals surface area contributed by atoms with Crippen LogP contribution in [0.15, 0.2) is 24.4 Å². The molecule has 1 aliphatic rings. The number of aromatic nitrogens is 1. The van der Waals surface area contributed by atoms with Gasteiger partial charge in [0, 0.05) is 25.3 Å². The lowest BCUT2D eigenvalue weighted by Crippen LogP contribution is -2.52. The molecule has 64 valence electrons. The molecule has 2 N–H and O–H groups in total. The van der Waals surface area contributed by atoms with E-state index in [1.807, 2.05) is 24.4 Å². The van der Waals surface area contributed by atoms with Gasteiger partial charge in [-0.25, -0.2) is 4.98 Å². The molecule has 3 heteroatoms. The van der Waals surface area contributed by atoms with Crippen molar-refractivity contribution >= 4 is 5.82 Å². The number of nitrogens with two attached hydrogens (primary N) is 1.